The van der Waals surface area contributed by atoms with Gasteiger partial charge in [0.05, 0.1) is 6.10 Å². The van der Waals surface area contributed by atoms with Crippen molar-refractivity contribution in [3.8, 4) is 0 Å². The van der Waals surface area contributed by atoms with E-state index in [1.165, 1.54) is 0 Å². The Morgan fingerprint density at radius 3 is 2.00 bits per heavy atom. The number of carboxylic acids is 1. The van der Waals surface area contributed by atoms with Crippen molar-refractivity contribution >= 4 is 5.97 Å². The average Bonchev–Trinajstić information content (AvgIpc) is 2.61. The summed E-state index contributed by atoms with van der Waals surface area (Å²) in [6, 6.07) is 0. The molecule has 144 valence electrons. The second-order valence-electron chi connectivity index (χ2n) is 5.65. The van der Waals surface area contributed by atoms with Crippen LogP contribution in [0.5, 0.6) is 0 Å². The summed E-state index contributed by atoms with van der Waals surface area (Å²) < 4.78 is 0. The van der Waals surface area contributed by atoms with Crippen molar-refractivity contribution in [1.82, 2.24) is 0 Å². The van der Waals surface area contributed by atoms with Gasteiger partial charge in [-0.05, 0) is 38.5 Å². The molecule has 0 spiro atoms. The van der Waals surface area contributed by atoms with Crippen molar-refractivity contribution in [3.05, 3.63) is 72.9 Å². The highest BCUT2D eigenvalue weighted by molar-refractivity contribution is 5.66. The van der Waals surface area contributed by atoms with E-state index >= 15 is 0 Å². The molecule has 4 nitrogen and oxygen atoms in total. The van der Waals surface area contributed by atoms with Gasteiger partial charge in [0.1, 0.15) is 0 Å². The third-order valence-electron chi connectivity index (χ3n) is 3.26. The minimum atomic E-state index is -0.768. The molecule has 0 aromatic heterocycles. The summed E-state index contributed by atoms with van der Waals surface area (Å²) in [4.78, 5) is 10.3. The van der Waals surface area contributed by atoms with Gasteiger partial charge in [0.15, 0.2) is 0 Å². The average molecular weight is 360 g/mol. The van der Waals surface area contributed by atoms with E-state index in [2.05, 4.69) is 6.08 Å². The SMILES string of the molecule is O=C(O)CCC=CCC=CCC=CC=CC(O)CC=CCC=CCCO. The highest BCUT2D eigenvalue weighted by atomic mass is 16.4. The van der Waals surface area contributed by atoms with Gasteiger partial charge in [0, 0.05) is 13.0 Å². The lowest BCUT2D eigenvalue weighted by Crippen LogP contribution is -1.98. The molecule has 0 aliphatic carbocycles. The Morgan fingerprint density at radius 1 is 0.769 bits per heavy atom. The first-order chi connectivity index (χ1) is 12.7. The van der Waals surface area contributed by atoms with Gasteiger partial charge in [-0.25, -0.2) is 0 Å². The van der Waals surface area contributed by atoms with Gasteiger partial charge < -0.3 is 15.3 Å². The van der Waals surface area contributed by atoms with Gasteiger partial charge >= 0.3 is 5.97 Å². The van der Waals surface area contributed by atoms with Crippen molar-refractivity contribution in [2.45, 2.75) is 51.0 Å². The molecule has 1 unspecified atom stereocenters. The van der Waals surface area contributed by atoms with Crippen molar-refractivity contribution in [2.24, 2.45) is 0 Å². The molecule has 0 heterocycles. The molecule has 0 amide bonds. The van der Waals surface area contributed by atoms with Crippen LogP contribution in [0.3, 0.4) is 0 Å². The highest BCUT2D eigenvalue weighted by Gasteiger charge is 1.92. The van der Waals surface area contributed by atoms with Crippen LogP contribution in [0.4, 0.5) is 0 Å². The number of aliphatic hydroxyl groups excluding tert-OH is 2. The smallest absolute Gasteiger partial charge is 0.303 e. The summed E-state index contributed by atoms with van der Waals surface area (Å²) in [6.07, 6.45) is 27.4. The molecule has 0 saturated carbocycles. The van der Waals surface area contributed by atoms with Crippen LogP contribution >= 0.6 is 0 Å². The second kappa shape index (κ2) is 19.2. The van der Waals surface area contributed by atoms with Crippen LogP contribution in [0.25, 0.3) is 0 Å². The summed E-state index contributed by atoms with van der Waals surface area (Å²) in [5.41, 5.74) is 0. The Morgan fingerprint density at radius 2 is 1.35 bits per heavy atom. The summed E-state index contributed by atoms with van der Waals surface area (Å²) in [6.45, 7) is 0.179. The fraction of sp³-hybridized carbons (Fsp3) is 0.409. The number of rotatable bonds is 15. The van der Waals surface area contributed by atoms with Gasteiger partial charge in [-0.15, -0.1) is 0 Å². The fourth-order valence-corrected chi connectivity index (χ4v) is 1.90. The Hall–Kier alpha value is -2.17. The normalized spacial score (nSPS) is 14.2. The third kappa shape index (κ3) is 19.9. The van der Waals surface area contributed by atoms with Crippen molar-refractivity contribution in [2.75, 3.05) is 6.61 Å². The van der Waals surface area contributed by atoms with E-state index in [9.17, 15) is 9.90 Å². The lowest BCUT2D eigenvalue weighted by Gasteiger charge is -1.98. The largest absolute Gasteiger partial charge is 0.481 e. The maximum Gasteiger partial charge on any atom is 0.303 e. The van der Waals surface area contributed by atoms with Gasteiger partial charge in [-0.1, -0.05) is 72.9 Å². The zero-order valence-electron chi connectivity index (χ0n) is 15.4. The topological polar surface area (TPSA) is 77.8 Å². The summed E-state index contributed by atoms with van der Waals surface area (Å²) in [5, 5.41) is 26.9. The standard InChI is InChI=1S/C22H32O4/c23-20-16-12-8-7-10-14-18-21(24)17-13-9-5-3-1-2-4-6-11-15-19-22(25)26/h1-2,5-6,8-14,17,21,23-24H,3-4,7,15-16,18-20H2,(H,25,26). The quantitative estimate of drug-likeness (QED) is 0.297. The summed E-state index contributed by atoms with van der Waals surface area (Å²) >= 11 is 0. The number of carbonyl (C=O) groups is 1. The van der Waals surface area contributed by atoms with E-state index in [1.807, 2.05) is 60.8 Å². The molecule has 0 aliphatic rings. The number of carboxylic acid groups (broad SMARTS) is 1. The van der Waals surface area contributed by atoms with E-state index in [0.717, 1.165) is 19.3 Å². The molecule has 0 aromatic rings. The molecule has 4 heteroatoms. The van der Waals surface area contributed by atoms with Crippen molar-refractivity contribution in [1.29, 1.82) is 0 Å². The first-order valence-corrected chi connectivity index (χ1v) is 9.10. The molecule has 0 radical (unpaired) electrons. The Bertz CT molecular complexity index is 510. The Balaban J connectivity index is 3.71. The van der Waals surface area contributed by atoms with Crippen molar-refractivity contribution in [3.63, 3.8) is 0 Å². The number of aliphatic carboxylic acids is 1. The lowest BCUT2D eigenvalue weighted by molar-refractivity contribution is -0.136. The van der Waals surface area contributed by atoms with E-state index in [-0.39, 0.29) is 13.0 Å². The van der Waals surface area contributed by atoms with Crippen molar-refractivity contribution < 1.29 is 20.1 Å². The van der Waals surface area contributed by atoms with E-state index in [4.69, 9.17) is 10.2 Å². The van der Waals surface area contributed by atoms with Crippen LogP contribution in [0.15, 0.2) is 72.9 Å². The van der Waals surface area contributed by atoms with Crippen LogP contribution in [0.2, 0.25) is 0 Å². The molecule has 3 N–H and O–H groups in total. The first-order valence-electron chi connectivity index (χ1n) is 9.10. The van der Waals surface area contributed by atoms with E-state index < -0.39 is 12.1 Å². The molecule has 0 aliphatic heterocycles. The van der Waals surface area contributed by atoms with E-state index in [1.54, 1.807) is 6.08 Å². The second-order valence-corrected chi connectivity index (χ2v) is 5.65. The molecule has 0 aromatic carbocycles. The summed E-state index contributed by atoms with van der Waals surface area (Å²) in [5.74, 6) is -0.768. The maximum absolute atomic E-state index is 10.3. The number of allylic oxidation sites excluding steroid dienone is 9. The molecule has 0 rings (SSSR count). The molecule has 26 heavy (non-hydrogen) atoms. The molecular weight excluding hydrogens is 328 g/mol. The monoisotopic (exact) mass is 360 g/mol. The van der Waals surface area contributed by atoms with Gasteiger partial charge in [-0.3, -0.25) is 4.79 Å². The van der Waals surface area contributed by atoms with Gasteiger partial charge in [0.25, 0.3) is 0 Å². The van der Waals surface area contributed by atoms with Gasteiger partial charge in [0.2, 0.25) is 0 Å². The van der Waals surface area contributed by atoms with Crippen LogP contribution in [0, 0.1) is 0 Å². The lowest BCUT2D eigenvalue weighted by atomic mass is 10.2. The Labute approximate surface area is 157 Å². The minimum absolute atomic E-state index is 0.179. The molecule has 0 fully saturated rings. The third-order valence-corrected chi connectivity index (χ3v) is 3.26. The van der Waals surface area contributed by atoms with Crippen LogP contribution in [-0.4, -0.2) is 34.0 Å². The summed E-state index contributed by atoms with van der Waals surface area (Å²) in [7, 11) is 0. The fourth-order valence-electron chi connectivity index (χ4n) is 1.90. The van der Waals surface area contributed by atoms with Crippen LogP contribution < -0.4 is 0 Å². The molecule has 0 saturated heterocycles. The number of hydrogen-bond donors (Lipinski definition) is 3. The van der Waals surface area contributed by atoms with Crippen LogP contribution in [-0.2, 0) is 4.79 Å². The number of aliphatic hydroxyl groups is 2. The zero-order valence-corrected chi connectivity index (χ0v) is 15.4. The number of hydrogen-bond acceptors (Lipinski definition) is 3. The highest BCUT2D eigenvalue weighted by Crippen LogP contribution is 1.99. The predicted molar refractivity (Wildman–Crippen MR) is 108 cm³/mol. The predicted octanol–water partition coefficient (Wildman–Crippen LogP) is 4.49. The Kier molecular flexibility index (Phi) is 17.6. The maximum atomic E-state index is 10.3. The minimum Gasteiger partial charge on any atom is -0.481 e. The molecule has 1 atom stereocenters. The molecular formula is C22H32O4. The molecule has 0 bridgehead atoms. The van der Waals surface area contributed by atoms with E-state index in [0.29, 0.717) is 19.3 Å². The van der Waals surface area contributed by atoms with Gasteiger partial charge in [-0.2, -0.15) is 0 Å². The van der Waals surface area contributed by atoms with Crippen LogP contribution in [0.1, 0.15) is 44.9 Å². The zero-order chi connectivity index (χ0) is 19.3. The first kappa shape index (κ1) is 23.8.